The van der Waals surface area contributed by atoms with E-state index >= 15 is 0 Å². The smallest absolute Gasteiger partial charge is 0.410 e. The zero-order valence-electron chi connectivity index (χ0n) is 14.7. The fourth-order valence-electron chi connectivity index (χ4n) is 1.47. The largest absolute Gasteiger partial charge is 0.461 e. The van der Waals surface area contributed by atoms with Crippen molar-refractivity contribution in [2.75, 3.05) is 6.79 Å². The Labute approximate surface area is 145 Å². The van der Waals surface area contributed by atoms with E-state index in [0.29, 0.717) is 6.21 Å². The van der Waals surface area contributed by atoms with Gasteiger partial charge in [0.15, 0.2) is 0 Å². The zero-order valence-corrected chi connectivity index (χ0v) is 14.7. The lowest BCUT2D eigenvalue weighted by Crippen LogP contribution is -2.43. The van der Waals surface area contributed by atoms with Gasteiger partial charge in [-0.15, -0.1) is 0 Å². The van der Waals surface area contributed by atoms with E-state index in [1.54, 1.807) is 27.7 Å². The van der Waals surface area contributed by atoms with Crippen LogP contribution in [0.4, 0.5) is 4.79 Å². The third-order valence-electron chi connectivity index (χ3n) is 2.67. The van der Waals surface area contributed by atoms with Crippen LogP contribution in [-0.4, -0.2) is 53.8 Å². The first-order valence-electron chi connectivity index (χ1n) is 7.68. The van der Waals surface area contributed by atoms with Crippen molar-refractivity contribution in [2.45, 2.75) is 52.7 Å². The highest BCUT2D eigenvalue weighted by molar-refractivity contribution is 6.25. The minimum atomic E-state index is -1.15. The number of ketones is 1. The first-order valence-corrected chi connectivity index (χ1v) is 7.68. The van der Waals surface area contributed by atoms with Gasteiger partial charge in [0.25, 0.3) is 0 Å². The number of nitrogens with zero attached hydrogens (tertiary/aromatic N) is 2. The second kappa shape index (κ2) is 11.7. The number of carbonyl (C=O) groups is 4. The number of amides is 1. The van der Waals surface area contributed by atoms with Gasteiger partial charge in [0.2, 0.25) is 12.6 Å². The Morgan fingerprint density at radius 3 is 2.24 bits per heavy atom. The first kappa shape index (κ1) is 22.3. The fraction of sp³-hybridized carbons (Fsp3) is 0.667. The molecule has 0 saturated carbocycles. The number of ether oxygens (including phenoxy) is 3. The molecule has 10 heteroatoms. The molecule has 0 aliphatic rings. The molecule has 1 atom stereocenters. The molecule has 0 rings (SSSR count). The summed E-state index contributed by atoms with van der Waals surface area (Å²) in [7, 11) is 0. The Hall–Kier alpha value is -2.74. The molecule has 140 valence electrons. The lowest BCUT2D eigenvalue weighted by molar-refractivity contribution is -0.156. The Morgan fingerprint density at radius 1 is 1.08 bits per heavy atom. The molecule has 0 saturated heterocycles. The number of hydrogen-bond acceptors (Lipinski definition) is 7. The van der Waals surface area contributed by atoms with Crippen molar-refractivity contribution < 1.29 is 38.2 Å². The monoisotopic (exact) mass is 357 g/mol. The predicted octanol–water partition coefficient (Wildman–Crippen LogP) is 0.839. The van der Waals surface area contributed by atoms with Crippen LogP contribution in [0.2, 0.25) is 0 Å². The van der Waals surface area contributed by atoms with Crippen molar-refractivity contribution in [3.8, 4) is 0 Å². The van der Waals surface area contributed by atoms with Gasteiger partial charge < -0.3 is 25.1 Å². The number of rotatable bonds is 10. The third-order valence-corrected chi connectivity index (χ3v) is 2.67. The average Bonchev–Trinajstić information content (AvgIpc) is 2.50. The SMILES string of the molecule is CC(C)OC(=O)C(CCC(=O)C=[N+]=[N-])NC(=O)OCOC(=O)C(C)C. The van der Waals surface area contributed by atoms with Crippen LogP contribution in [0.1, 0.15) is 40.5 Å². The van der Waals surface area contributed by atoms with E-state index in [1.807, 2.05) is 0 Å². The summed E-state index contributed by atoms with van der Waals surface area (Å²) in [6.45, 7) is 5.88. The molecule has 1 amide bonds. The Morgan fingerprint density at radius 2 is 1.72 bits per heavy atom. The Balaban J connectivity index is 4.61. The van der Waals surface area contributed by atoms with E-state index in [4.69, 9.17) is 10.3 Å². The van der Waals surface area contributed by atoms with Crippen molar-refractivity contribution in [2.24, 2.45) is 5.92 Å². The highest BCUT2D eigenvalue weighted by Gasteiger charge is 2.25. The second-order valence-corrected chi connectivity index (χ2v) is 5.60. The minimum Gasteiger partial charge on any atom is -0.461 e. The molecule has 1 unspecified atom stereocenters. The molecular formula is C15H23N3O7. The van der Waals surface area contributed by atoms with Gasteiger partial charge in [-0.2, -0.15) is 4.79 Å². The van der Waals surface area contributed by atoms with Crippen LogP contribution in [0.5, 0.6) is 0 Å². The standard InChI is InChI=1S/C15H23N3O7/c1-9(2)13(20)23-8-24-15(22)18-12(14(21)25-10(3)4)6-5-11(19)7-17-16/h7,9-10,12H,5-6,8H2,1-4H3,(H,18,22). The molecular weight excluding hydrogens is 334 g/mol. The van der Waals surface area contributed by atoms with Gasteiger partial charge in [0.05, 0.1) is 12.0 Å². The van der Waals surface area contributed by atoms with Crippen LogP contribution >= 0.6 is 0 Å². The average molecular weight is 357 g/mol. The van der Waals surface area contributed by atoms with Gasteiger partial charge in [-0.05, 0) is 20.3 Å². The maximum atomic E-state index is 12.0. The van der Waals surface area contributed by atoms with Crippen molar-refractivity contribution >= 4 is 30.0 Å². The Kier molecular flexibility index (Phi) is 10.5. The second-order valence-electron chi connectivity index (χ2n) is 5.60. The van der Waals surface area contributed by atoms with Crippen molar-refractivity contribution in [1.82, 2.24) is 5.32 Å². The number of esters is 2. The van der Waals surface area contributed by atoms with Crippen molar-refractivity contribution in [3.05, 3.63) is 5.53 Å². The normalized spacial score (nSPS) is 11.3. The predicted molar refractivity (Wildman–Crippen MR) is 84.4 cm³/mol. The molecule has 25 heavy (non-hydrogen) atoms. The molecule has 0 bridgehead atoms. The molecule has 0 heterocycles. The summed E-state index contributed by atoms with van der Waals surface area (Å²) in [5, 5.41) is 2.24. The van der Waals surface area contributed by atoms with Gasteiger partial charge in [-0.3, -0.25) is 9.59 Å². The molecule has 0 aromatic rings. The van der Waals surface area contributed by atoms with E-state index in [1.165, 1.54) is 0 Å². The fourth-order valence-corrected chi connectivity index (χ4v) is 1.47. The van der Waals surface area contributed by atoms with Crippen molar-refractivity contribution in [1.29, 1.82) is 0 Å². The summed E-state index contributed by atoms with van der Waals surface area (Å²) in [6, 6.07) is -1.15. The maximum Gasteiger partial charge on any atom is 0.410 e. The molecule has 0 radical (unpaired) electrons. The van der Waals surface area contributed by atoms with E-state index in [2.05, 4.69) is 19.6 Å². The highest BCUT2D eigenvalue weighted by Crippen LogP contribution is 2.04. The number of alkyl carbamates (subject to hydrolysis) is 1. The number of carbonyl (C=O) groups excluding carboxylic acids is 4. The van der Waals surface area contributed by atoms with E-state index < -0.39 is 42.8 Å². The number of Topliss-reactive ketones (excluding diaryl/α,β-unsaturated/α-hetero) is 1. The minimum absolute atomic E-state index is 0.0860. The van der Waals surface area contributed by atoms with E-state index in [9.17, 15) is 19.2 Å². The van der Waals surface area contributed by atoms with Crippen LogP contribution in [-0.2, 0) is 28.6 Å². The molecule has 0 aliphatic carbocycles. The summed E-state index contributed by atoms with van der Waals surface area (Å²) in [6.07, 6.45) is -0.990. The maximum absolute atomic E-state index is 12.0. The van der Waals surface area contributed by atoms with Gasteiger partial charge in [-0.1, -0.05) is 13.8 Å². The van der Waals surface area contributed by atoms with Crippen LogP contribution in [0.3, 0.4) is 0 Å². The lowest BCUT2D eigenvalue weighted by Gasteiger charge is -2.18. The topological polar surface area (TPSA) is 144 Å². The third kappa shape index (κ3) is 10.6. The summed E-state index contributed by atoms with van der Waals surface area (Å²) in [5.74, 6) is -2.21. The first-order chi connectivity index (χ1) is 11.7. The van der Waals surface area contributed by atoms with Crippen LogP contribution < -0.4 is 5.32 Å². The number of nitrogens with one attached hydrogen (secondary N) is 1. The van der Waals surface area contributed by atoms with Gasteiger partial charge in [-0.25, -0.2) is 9.59 Å². The molecule has 0 aromatic carbocycles. The molecule has 0 spiro atoms. The number of hydrogen-bond donors (Lipinski definition) is 1. The highest BCUT2D eigenvalue weighted by atomic mass is 16.7. The zero-order chi connectivity index (χ0) is 19.4. The molecule has 0 fully saturated rings. The van der Waals surface area contributed by atoms with E-state index in [-0.39, 0.29) is 18.8 Å². The van der Waals surface area contributed by atoms with E-state index in [0.717, 1.165) is 0 Å². The van der Waals surface area contributed by atoms with Gasteiger partial charge >= 0.3 is 24.2 Å². The van der Waals surface area contributed by atoms with Crippen LogP contribution in [0.25, 0.3) is 5.53 Å². The molecule has 0 aliphatic heterocycles. The molecule has 1 N–H and O–H groups in total. The summed E-state index contributed by atoms with van der Waals surface area (Å²) in [4.78, 5) is 48.8. The van der Waals surface area contributed by atoms with Crippen LogP contribution in [0, 0.1) is 5.92 Å². The van der Waals surface area contributed by atoms with Gasteiger partial charge in [0.1, 0.15) is 6.04 Å². The lowest BCUT2D eigenvalue weighted by atomic mass is 10.1. The summed E-state index contributed by atoms with van der Waals surface area (Å²) in [5.41, 5.74) is 8.28. The van der Waals surface area contributed by atoms with Crippen LogP contribution in [0.15, 0.2) is 0 Å². The van der Waals surface area contributed by atoms with Gasteiger partial charge in [0, 0.05) is 6.42 Å². The Bertz CT molecular complexity index is 539. The molecule has 10 nitrogen and oxygen atoms in total. The quantitative estimate of drug-likeness (QED) is 0.200. The molecule has 0 aromatic heterocycles. The summed E-state index contributed by atoms with van der Waals surface area (Å²) >= 11 is 0. The summed E-state index contributed by atoms with van der Waals surface area (Å²) < 4.78 is 14.3. The van der Waals surface area contributed by atoms with Crippen molar-refractivity contribution in [3.63, 3.8) is 0 Å².